The Hall–Kier alpha value is -2.02. The van der Waals surface area contributed by atoms with Crippen LogP contribution in [0.1, 0.15) is 42.3 Å². The third-order valence-corrected chi connectivity index (χ3v) is 5.75. The zero-order chi connectivity index (χ0) is 18.0. The van der Waals surface area contributed by atoms with Crippen LogP contribution in [0.15, 0.2) is 18.3 Å². The molecule has 1 atom stereocenters. The molecule has 1 aliphatic rings. The molecule has 0 aromatic carbocycles. The Morgan fingerprint density at radius 1 is 1.32 bits per heavy atom. The van der Waals surface area contributed by atoms with E-state index in [1.165, 1.54) is 0 Å². The second-order valence-corrected chi connectivity index (χ2v) is 8.06. The second-order valence-electron chi connectivity index (χ2n) is 6.91. The molecule has 0 spiro atoms. The average Bonchev–Trinajstić information content (AvgIpc) is 3.04. The lowest BCUT2D eigenvalue weighted by Crippen LogP contribution is -2.54. The molecule has 134 valence electrons. The molecule has 7 heteroatoms. The molecular formula is C18H25N5OS. The highest BCUT2D eigenvalue weighted by Gasteiger charge is 2.28. The second kappa shape index (κ2) is 7.47. The number of anilines is 1. The molecule has 0 bridgehead atoms. The molecule has 1 fully saturated rings. The Bertz CT molecular complexity index is 727. The Balaban J connectivity index is 1.59. The van der Waals surface area contributed by atoms with Gasteiger partial charge in [0.25, 0.3) is 0 Å². The first-order valence-corrected chi connectivity index (χ1v) is 9.55. The SMILES string of the molecule is Cc1ccc(N2CCN(C(=O)Cc3cnc(C(C)C)s3)C[C@@H]2C)nn1. The van der Waals surface area contributed by atoms with E-state index in [-0.39, 0.29) is 11.9 Å². The molecule has 0 saturated carbocycles. The summed E-state index contributed by atoms with van der Waals surface area (Å²) in [5, 5.41) is 9.51. The van der Waals surface area contributed by atoms with Gasteiger partial charge >= 0.3 is 0 Å². The van der Waals surface area contributed by atoms with E-state index in [4.69, 9.17) is 0 Å². The number of carbonyl (C=O) groups excluding carboxylic acids is 1. The molecule has 0 N–H and O–H groups in total. The van der Waals surface area contributed by atoms with Crippen molar-refractivity contribution in [2.24, 2.45) is 0 Å². The maximum Gasteiger partial charge on any atom is 0.228 e. The van der Waals surface area contributed by atoms with Crippen molar-refractivity contribution in [2.75, 3.05) is 24.5 Å². The van der Waals surface area contributed by atoms with Crippen LogP contribution in [-0.2, 0) is 11.2 Å². The summed E-state index contributed by atoms with van der Waals surface area (Å²) in [6, 6.07) is 4.20. The van der Waals surface area contributed by atoms with Crippen molar-refractivity contribution in [3.05, 3.63) is 33.9 Å². The van der Waals surface area contributed by atoms with E-state index in [2.05, 4.69) is 40.9 Å². The smallest absolute Gasteiger partial charge is 0.228 e. The summed E-state index contributed by atoms with van der Waals surface area (Å²) in [5.74, 6) is 1.47. The van der Waals surface area contributed by atoms with Gasteiger partial charge in [0.2, 0.25) is 5.91 Å². The van der Waals surface area contributed by atoms with Crippen molar-refractivity contribution in [3.8, 4) is 0 Å². The number of aromatic nitrogens is 3. The maximum atomic E-state index is 12.6. The number of nitrogens with zero attached hydrogens (tertiary/aromatic N) is 5. The molecule has 0 unspecified atom stereocenters. The lowest BCUT2D eigenvalue weighted by atomic mass is 10.1. The fraction of sp³-hybridized carbons (Fsp3) is 0.556. The van der Waals surface area contributed by atoms with E-state index in [0.29, 0.717) is 25.4 Å². The van der Waals surface area contributed by atoms with Crippen LogP contribution in [-0.4, -0.2) is 51.7 Å². The number of carbonyl (C=O) groups is 1. The fourth-order valence-corrected chi connectivity index (χ4v) is 3.91. The number of rotatable bonds is 4. The topological polar surface area (TPSA) is 62.2 Å². The third kappa shape index (κ3) is 4.15. The summed E-state index contributed by atoms with van der Waals surface area (Å²) in [6.45, 7) is 10.5. The van der Waals surface area contributed by atoms with Crippen LogP contribution in [0, 0.1) is 6.92 Å². The number of amides is 1. The van der Waals surface area contributed by atoms with Crippen LogP contribution in [0.2, 0.25) is 0 Å². The summed E-state index contributed by atoms with van der Waals surface area (Å²) in [5.41, 5.74) is 0.913. The number of hydrogen-bond donors (Lipinski definition) is 0. The van der Waals surface area contributed by atoms with Gasteiger partial charge in [-0.3, -0.25) is 4.79 Å². The molecule has 2 aromatic rings. The molecule has 0 radical (unpaired) electrons. The van der Waals surface area contributed by atoms with Crippen LogP contribution in [0.3, 0.4) is 0 Å². The minimum absolute atomic E-state index is 0.181. The minimum atomic E-state index is 0.181. The highest BCUT2D eigenvalue weighted by atomic mass is 32.1. The fourth-order valence-electron chi connectivity index (χ4n) is 3.00. The van der Waals surface area contributed by atoms with Crippen LogP contribution in [0.25, 0.3) is 0 Å². The molecule has 25 heavy (non-hydrogen) atoms. The molecule has 6 nitrogen and oxygen atoms in total. The Morgan fingerprint density at radius 2 is 2.12 bits per heavy atom. The van der Waals surface area contributed by atoms with Crippen LogP contribution in [0.4, 0.5) is 5.82 Å². The zero-order valence-corrected chi connectivity index (χ0v) is 16.1. The Labute approximate surface area is 152 Å². The summed E-state index contributed by atoms with van der Waals surface area (Å²) < 4.78 is 0. The highest BCUT2D eigenvalue weighted by Crippen LogP contribution is 2.23. The predicted molar refractivity (Wildman–Crippen MR) is 100 cm³/mol. The van der Waals surface area contributed by atoms with Gasteiger partial charge in [0.15, 0.2) is 5.82 Å². The Kier molecular flexibility index (Phi) is 5.32. The van der Waals surface area contributed by atoms with Crippen molar-refractivity contribution < 1.29 is 4.79 Å². The number of piperazine rings is 1. The van der Waals surface area contributed by atoms with E-state index in [1.54, 1.807) is 11.3 Å². The van der Waals surface area contributed by atoms with Gasteiger partial charge in [-0.1, -0.05) is 13.8 Å². The van der Waals surface area contributed by atoms with Gasteiger partial charge in [-0.2, -0.15) is 5.10 Å². The first-order chi connectivity index (χ1) is 11.9. The van der Waals surface area contributed by atoms with E-state index in [1.807, 2.05) is 30.2 Å². The predicted octanol–water partition coefficient (Wildman–Crippen LogP) is 2.64. The van der Waals surface area contributed by atoms with Crippen LogP contribution >= 0.6 is 11.3 Å². The van der Waals surface area contributed by atoms with Crippen molar-refractivity contribution in [3.63, 3.8) is 0 Å². The summed E-state index contributed by atoms with van der Waals surface area (Å²) in [4.78, 5) is 22.3. The maximum absolute atomic E-state index is 12.6. The molecule has 2 aromatic heterocycles. The first-order valence-electron chi connectivity index (χ1n) is 8.73. The Morgan fingerprint density at radius 3 is 2.72 bits per heavy atom. The van der Waals surface area contributed by atoms with E-state index < -0.39 is 0 Å². The first kappa shape index (κ1) is 17.8. The lowest BCUT2D eigenvalue weighted by Gasteiger charge is -2.40. The molecule has 3 rings (SSSR count). The van der Waals surface area contributed by atoms with Gasteiger partial charge in [-0.05, 0) is 26.0 Å². The van der Waals surface area contributed by atoms with Gasteiger partial charge in [0.1, 0.15) is 0 Å². The molecule has 3 heterocycles. The average molecular weight is 359 g/mol. The van der Waals surface area contributed by atoms with Crippen molar-refractivity contribution in [1.29, 1.82) is 0 Å². The molecule has 0 aliphatic carbocycles. The number of thiazole rings is 1. The molecule has 1 saturated heterocycles. The summed E-state index contributed by atoms with van der Waals surface area (Å²) >= 11 is 1.65. The van der Waals surface area contributed by atoms with Gasteiger partial charge in [-0.25, -0.2) is 4.98 Å². The summed E-state index contributed by atoms with van der Waals surface area (Å²) in [6.07, 6.45) is 2.29. The zero-order valence-electron chi connectivity index (χ0n) is 15.3. The van der Waals surface area contributed by atoms with E-state index >= 15 is 0 Å². The van der Waals surface area contributed by atoms with Crippen LogP contribution in [0.5, 0.6) is 0 Å². The minimum Gasteiger partial charge on any atom is -0.349 e. The quantitative estimate of drug-likeness (QED) is 0.840. The largest absolute Gasteiger partial charge is 0.349 e. The molecular weight excluding hydrogens is 334 g/mol. The van der Waals surface area contributed by atoms with Gasteiger partial charge in [0, 0.05) is 42.7 Å². The third-order valence-electron chi connectivity index (χ3n) is 4.45. The van der Waals surface area contributed by atoms with Gasteiger partial charge in [0.05, 0.1) is 17.1 Å². The van der Waals surface area contributed by atoms with Crippen molar-refractivity contribution in [1.82, 2.24) is 20.1 Å². The summed E-state index contributed by atoms with van der Waals surface area (Å²) in [7, 11) is 0. The van der Waals surface area contributed by atoms with Crippen molar-refractivity contribution >= 4 is 23.1 Å². The van der Waals surface area contributed by atoms with E-state index in [9.17, 15) is 4.79 Å². The normalized spacial score (nSPS) is 18.0. The standard InChI is InChI=1S/C18H25N5OS/c1-12(2)18-19-10-15(25-18)9-17(24)22-7-8-23(14(4)11-22)16-6-5-13(3)20-21-16/h5-6,10,12,14H,7-9,11H2,1-4H3/t14-/m0/s1. The van der Waals surface area contributed by atoms with Gasteiger partial charge < -0.3 is 9.80 Å². The van der Waals surface area contributed by atoms with Gasteiger partial charge in [-0.15, -0.1) is 16.4 Å². The number of aryl methyl sites for hydroxylation is 1. The monoisotopic (exact) mass is 359 g/mol. The number of hydrogen-bond acceptors (Lipinski definition) is 6. The van der Waals surface area contributed by atoms with E-state index in [0.717, 1.165) is 27.9 Å². The molecule has 1 amide bonds. The molecule has 1 aliphatic heterocycles. The lowest BCUT2D eigenvalue weighted by molar-refractivity contribution is -0.131. The highest BCUT2D eigenvalue weighted by molar-refractivity contribution is 7.11. The van der Waals surface area contributed by atoms with Crippen molar-refractivity contribution in [2.45, 2.75) is 46.1 Å². The van der Waals surface area contributed by atoms with Crippen LogP contribution < -0.4 is 4.90 Å².